The molecule has 156 valence electrons. The van der Waals surface area contributed by atoms with E-state index in [-0.39, 0.29) is 16.7 Å². The van der Waals surface area contributed by atoms with Crippen LogP contribution in [0.1, 0.15) is 17.3 Å². The minimum atomic E-state index is -3.39. The lowest BCUT2D eigenvalue weighted by molar-refractivity contribution is 0.102. The first kappa shape index (κ1) is 21.3. The summed E-state index contributed by atoms with van der Waals surface area (Å²) in [6.45, 7) is 1.56. The van der Waals surface area contributed by atoms with E-state index >= 15 is 0 Å². The van der Waals surface area contributed by atoms with Crippen molar-refractivity contribution in [3.05, 3.63) is 60.2 Å². The molecule has 0 atom stereocenters. The lowest BCUT2D eigenvalue weighted by Crippen LogP contribution is -2.12. The van der Waals surface area contributed by atoms with Crippen molar-refractivity contribution in [2.75, 3.05) is 25.3 Å². The van der Waals surface area contributed by atoms with E-state index in [4.69, 9.17) is 9.47 Å². The molecule has 2 aromatic carbocycles. The highest BCUT2D eigenvalue weighted by Crippen LogP contribution is 2.24. The third-order valence-electron chi connectivity index (χ3n) is 4.39. The van der Waals surface area contributed by atoms with E-state index in [1.807, 2.05) is 0 Å². The molecule has 0 aliphatic heterocycles. The zero-order valence-electron chi connectivity index (χ0n) is 16.7. The average molecular weight is 427 g/mol. The Morgan fingerprint density at radius 2 is 1.57 bits per heavy atom. The van der Waals surface area contributed by atoms with Crippen molar-refractivity contribution in [3.8, 4) is 22.8 Å². The van der Waals surface area contributed by atoms with E-state index in [2.05, 4.69) is 15.5 Å². The van der Waals surface area contributed by atoms with E-state index < -0.39 is 9.84 Å². The zero-order chi connectivity index (χ0) is 21.7. The summed E-state index contributed by atoms with van der Waals surface area (Å²) in [5.41, 5.74) is 2.25. The highest BCUT2D eigenvalue weighted by Gasteiger charge is 2.14. The summed E-state index contributed by atoms with van der Waals surface area (Å²) in [7, 11) is -0.361. The molecule has 9 heteroatoms. The molecule has 8 nitrogen and oxygen atoms in total. The number of sulfone groups is 1. The van der Waals surface area contributed by atoms with Gasteiger partial charge in [0.2, 0.25) is 0 Å². The number of hydrogen-bond acceptors (Lipinski definition) is 7. The minimum Gasteiger partial charge on any atom is -0.497 e. The Labute approximate surface area is 174 Å². The number of nitrogens with zero attached hydrogens (tertiary/aromatic N) is 2. The summed E-state index contributed by atoms with van der Waals surface area (Å²) in [6, 6.07) is 14.9. The number of carbonyl (C=O) groups is 1. The Balaban J connectivity index is 1.75. The third kappa shape index (κ3) is 4.74. The van der Waals surface area contributed by atoms with Gasteiger partial charge in [-0.05, 0) is 36.4 Å². The lowest BCUT2D eigenvalue weighted by Gasteiger charge is -2.10. The quantitative estimate of drug-likeness (QED) is 0.617. The Morgan fingerprint density at radius 1 is 0.933 bits per heavy atom. The van der Waals surface area contributed by atoms with E-state index in [1.165, 1.54) is 20.3 Å². The molecular formula is C21H21N3O5S. The third-order valence-corrected chi connectivity index (χ3v) is 6.01. The summed E-state index contributed by atoms with van der Waals surface area (Å²) >= 11 is 0. The number of carbonyl (C=O) groups excluding carboxylic acids is 1. The van der Waals surface area contributed by atoms with E-state index in [0.717, 1.165) is 5.56 Å². The SMILES string of the molecule is CCS(=O)(=O)c1ccc(-c2ccc(NC(=O)c3cc(OC)cc(OC)c3)cc2)nn1. The van der Waals surface area contributed by atoms with Crippen LogP contribution < -0.4 is 14.8 Å². The molecule has 0 saturated carbocycles. The number of nitrogens with one attached hydrogen (secondary N) is 1. The summed E-state index contributed by atoms with van der Waals surface area (Å²) in [4.78, 5) is 12.6. The number of amides is 1. The van der Waals surface area contributed by atoms with Crippen LogP contribution in [0.3, 0.4) is 0 Å². The van der Waals surface area contributed by atoms with Gasteiger partial charge in [0.05, 0.1) is 25.7 Å². The van der Waals surface area contributed by atoms with Crippen LogP contribution in [0.4, 0.5) is 5.69 Å². The van der Waals surface area contributed by atoms with Gasteiger partial charge in [-0.15, -0.1) is 10.2 Å². The fourth-order valence-electron chi connectivity index (χ4n) is 2.65. The maximum absolute atomic E-state index is 12.6. The molecule has 0 unspecified atom stereocenters. The second-order valence-corrected chi connectivity index (χ2v) is 8.52. The van der Waals surface area contributed by atoms with Crippen LogP contribution in [-0.2, 0) is 9.84 Å². The summed E-state index contributed by atoms with van der Waals surface area (Å²) in [5, 5.41) is 10.6. The van der Waals surface area contributed by atoms with Crippen LogP contribution in [-0.4, -0.2) is 44.5 Å². The van der Waals surface area contributed by atoms with Crippen LogP contribution in [0.5, 0.6) is 11.5 Å². The van der Waals surface area contributed by atoms with Crippen molar-refractivity contribution in [1.29, 1.82) is 0 Å². The smallest absolute Gasteiger partial charge is 0.255 e. The van der Waals surface area contributed by atoms with Gasteiger partial charge in [-0.3, -0.25) is 4.79 Å². The van der Waals surface area contributed by atoms with Gasteiger partial charge in [-0.25, -0.2) is 8.42 Å². The normalized spacial score (nSPS) is 11.0. The van der Waals surface area contributed by atoms with Crippen molar-refractivity contribution >= 4 is 21.4 Å². The first-order valence-corrected chi connectivity index (χ1v) is 10.7. The average Bonchev–Trinajstić information content (AvgIpc) is 2.79. The molecule has 0 aliphatic rings. The molecule has 1 heterocycles. The van der Waals surface area contributed by atoms with Crippen LogP contribution in [0.25, 0.3) is 11.3 Å². The van der Waals surface area contributed by atoms with E-state index in [1.54, 1.807) is 55.5 Å². The Kier molecular flexibility index (Phi) is 6.31. The molecule has 3 aromatic rings. The second-order valence-electron chi connectivity index (χ2n) is 6.29. The Bertz CT molecular complexity index is 1120. The molecule has 0 fully saturated rings. The fraction of sp³-hybridized carbons (Fsp3) is 0.190. The van der Waals surface area contributed by atoms with Gasteiger partial charge in [-0.1, -0.05) is 19.1 Å². The van der Waals surface area contributed by atoms with E-state index in [0.29, 0.717) is 28.4 Å². The molecule has 0 aliphatic carbocycles. The number of rotatable bonds is 7. The van der Waals surface area contributed by atoms with Gasteiger partial charge in [0.25, 0.3) is 5.91 Å². The topological polar surface area (TPSA) is 107 Å². The van der Waals surface area contributed by atoms with Crippen LogP contribution in [0.2, 0.25) is 0 Å². The number of methoxy groups -OCH3 is 2. The molecule has 1 N–H and O–H groups in total. The predicted octanol–water partition coefficient (Wildman–Crippen LogP) is 3.21. The van der Waals surface area contributed by atoms with Crippen molar-refractivity contribution < 1.29 is 22.7 Å². The summed E-state index contributed by atoms with van der Waals surface area (Å²) in [5.74, 6) is 0.687. The Hall–Kier alpha value is -3.46. The maximum Gasteiger partial charge on any atom is 0.255 e. The van der Waals surface area contributed by atoms with Gasteiger partial charge < -0.3 is 14.8 Å². The molecular weight excluding hydrogens is 406 g/mol. The fourth-order valence-corrected chi connectivity index (χ4v) is 3.39. The van der Waals surface area contributed by atoms with Crippen LogP contribution in [0, 0.1) is 0 Å². The molecule has 1 aromatic heterocycles. The molecule has 0 radical (unpaired) electrons. The zero-order valence-corrected chi connectivity index (χ0v) is 17.6. The van der Waals surface area contributed by atoms with Crippen molar-refractivity contribution in [2.45, 2.75) is 11.9 Å². The number of ether oxygens (including phenoxy) is 2. The molecule has 0 spiro atoms. The number of hydrogen-bond donors (Lipinski definition) is 1. The monoisotopic (exact) mass is 427 g/mol. The first-order valence-electron chi connectivity index (χ1n) is 9.07. The Morgan fingerprint density at radius 3 is 2.07 bits per heavy atom. The maximum atomic E-state index is 12.6. The largest absolute Gasteiger partial charge is 0.497 e. The number of benzene rings is 2. The summed E-state index contributed by atoms with van der Waals surface area (Å²) in [6.07, 6.45) is 0. The lowest BCUT2D eigenvalue weighted by atomic mass is 10.1. The standard InChI is InChI=1S/C21H21N3O5S/c1-4-30(26,27)20-10-9-19(23-24-20)14-5-7-16(8-6-14)22-21(25)15-11-17(28-2)13-18(12-15)29-3/h5-13H,4H2,1-3H3,(H,22,25). The van der Waals surface area contributed by atoms with Crippen LogP contribution >= 0.6 is 0 Å². The highest BCUT2D eigenvalue weighted by atomic mass is 32.2. The van der Waals surface area contributed by atoms with Gasteiger partial charge in [0.15, 0.2) is 14.9 Å². The molecule has 0 saturated heterocycles. The molecule has 0 bridgehead atoms. The van der Waals surface area contributed by atoms with Crippen molar-refractivity contribution in [1.82, 2.24) is 10.2 Å². The highest BCUT2D eigenvalue weighted by molar-refractivity contribution is 7.91. The summed E-state index contributed by atoms with van der Waals surface area (Å²) < 4.78 is 34.0. The predicted molar refractivity (Wildman–Crippen MR) is 113 cm³/mol. The van der Waals surface area contributed by atoms with Gasteiger partial charge in [0, 0.05) is 22.9 Å². The van der Waals surface area contributed by atoms with E-state index in [9.17, 15) is 13.2 Å². The van der Waals surface area contributed by atoms with Gasteiger partial charge >= 0.3 is 0 Å². The van der Waals surface area contributed by atoms with Gasteiger partial charge in [0.1, 0.15) is 11.5 Å². The minimum absolute atomic E-state index is 0.0332. The molecule has 3 rings (SSSR count). The van der Waals surface area contributed by atoms with Crippen molar-refractivity contribution in [2.24, 2.45) is 0 Å². The van der Waals surface area contributed by atoms with Crippen molar-refractivity contribution in [3.63, 3.8) is 0 Å². The first-order chi connectivity index (χ1) is 14.4. The molecule has 1 amide bonds. The number of anilines is 1. The number of aromatic nitrogens is 2. The van der Waals surface area contributed by atoms with Crippen LogP contribution in [0.15, 0.2) is 59.6 Å². The second kappa shape index (κ2) is 8.91. The molecule has 30 heavy (non-hydrogen) atoms. The van der Waals surface area contributed by atoms with Gasteiger partial charge in [-0.2, -0.15) is 0 Å².